The standard InChI is InChI=1S/C23H26ClN5OS/c1-15(2)22-25-16(3)12-20(27-22)28-8-10-29(11-9-28)21(30)13-17-14-31-23(26-17)18-6-4-5-7-19(18)24/h4-7,12,14-15H,8-11,13H2,1-3H3. The molecule has 0 bridgehead atoms. The zero-order chi connectivity index (χ0) is 22.0. The van der Waals surface area contributed by atoms with E-state index in [-0.39, 0.29) is 11.8 Å². The number of carbonyl (C=O) groups is 1. The molecule has 1 saturated heterocycles. The molecule has 0 unspecified atom stereocenters. The number of anilines is 1. The molecule has 1 aliphatic rings. The van der Waals surface area contributed by atoms with Crippen molar-refractivity contribution in [3.63, 3.8) is 0 Å². The van der Waals surface area contributed by atoms with E-state index in [1.165, 1.54) is 11.3 Å². The van der Waals surface area contributed by atoms with E-state index in [1.54, 1.807) is 0 Å². The Morgan fingerprint density at radius 1 is 1.13 bits per heavy atom. The molecule has 31 heavy (non-hydrogen) atoms. The molecule has 0 aliphatic carbocycles. The van der Waals surface area contributed by atoms with Gasteiger partial charge in [-0.3, -0.25) is 4.79 Å². The quantitative estimate of drug-likeness (QED) is 0.563. The lowest BCUT2D eigenvalue weighted by atomic mass is 10.2. The molecule has 0 radical (unpaired) electrons. The van der Waals surface area contributed by atoms with Gasteiger partial charge in [0.2, 0.25) is 5.91 Å². The molecule has 6 nitrogen and oxygen atoms in total. The molecule has 162 valence electrons. The van der Waals surface area contributed by atoms with E-state index in [0.717, 1.165) is 46.7 Å². The summed E-state index contributed by atoms with van der Waals surface area (Å²) in [6.45, 7) is 9.10. The van der Waals surface area contributed by atoms with Crippen LogP contribution in [0.3, 0.4) is 0 Å². The molecular formula is C23H26ClN5OS. The van der Waals surface area contributed by atoms with E-state index in [4.69, 9.17) is 16.6 Å². The normalized spacial score (nSPS) is 14.4. The highest BCUT2D eigenvalue weighted by Gasteiger charge is 2.23. The fourth-order valence-corrected chi connectivity index (χ4v) is 4.73. The molecule has 0 N–H and O–H groups in total. The van der Waals surface area contributed by atoms with Gasteiger partial charge in [-0.15, -0.1) is 11.3 Å². The number of amides is 1. The van der Waals surface area contributed by atoms with Crippen LogP contribution in [-0.4, -0.2) is 51.9 Å². The summed E-state index contributed by atoms with van der Waals surface area (Å²) in [7, 11) is 0. The number of rotatable bonds is 5. The second-order valence-electron chi connectivity index (χ2n) is 8.05. The third-order valence-electron chi connectivity index (χ3n) is 5.32. The first-order valence-corrected chi connectivity index (χ1v) is 11.7. The predicted octanol–water partition coefficient (Wildman–Crippen LogP) is 4.58. The maximum absolute atomic E-state index is 12.8. The van der Waals surface area contributed by atoms with Gasteiger partial charge in [0, 0.05) is 54.8 Å². The van der Waals surface area contributed by atoms with Crippen molar-refractivity contribution in [2.75, 3.05) is 31.1 Å². The maximum atomic E-state index is 12.8. The van der Waals surface area contributed by atoms with Crippen molar-refractivity contribution in [2.45, 2.75) is 33.1 Å². The predicted molar refractivity (Wildman–Crippen MR) is 126 cm³/mol. The van der Waals surface area contributed by atoms with E-state index in [9.17, 15) is 4.79 Å². The van der Waals surface area contributed by atoms with Gasteiger partial charge < -0.3 is 9.80 Å². The first-order valence-electron chi connectivity index (χ1n) is 10.5. The molecule has 0 atom stereocenters. The summed E-state index contributed by atoms with van der Waals surface area (Å²) >= 11 is 7.79. The highest BCUT2D eigenvalue weighted by molar-refractivity contribution is 7.13. The van der Waals surface area contributed by atoms with E-state index in [2.05, 4.69) is 28.7 Å². The van der Waals surface area contributed by atoms with Crippen molar-refractivity contribution >= 4 is 34.7 Å². The van der Waals surface area contributed by atoms with Crippen molar-refractivity contribution < 1.29 is 4.79 Å². The molecule has 8 heteroatoms. The van der Waals surface area contributed by atoms with Crippen molar-refractivity contribution in [1.29, 1.82) is 0 Å². The van der Waals surface area contributed by atoms with Gasteiger partial charge in [-0.05, 0) is 13.0 Å². The highest BCUT2D eigenvalue weighted by atomic mass is 35.5. The third kappa shape index (κ3) is 5.05. The van der Waals surface area contributed by atoms with Crippen LogP contribution in [0.2, 0.25) is 5.02 Å². The topological polar surface area (TPSA) is 62.2 Å². The Balaban J connectivity index is 1.37. The summed E-state index contributed by atoms with van der Waals surface area (Å²) in [5.74, 6) is 2.21. The molecule has 0 spiro atoms. The maximum Gasteiger partial charge on any atom is 0.228 e. The molecule has 1 amide bonds. The van der Waals surface area contributed by atoms with E-state index in [1.807, 2.05) is 47.5 Å². The largest absolute Gasteiger partial charge is 0.353 e. The van der Waals surface area contributed by atoms with Gasteiger partial charge >= 0.3 is 0 Å². The Hall–Kier alpha value is -2.51. The van der Waals surface area contributed by atoms with Crippen molar-refractivity contribution in [3.05, 3.63) is 57.9 Å². The number of aromatic nitrogens is 3. The minimum absolute atomic E-state index is 0.109. The Morgan fingerprint density at radius 2 is 1.87 bits per heavy atom. The molecule has 3 aromatic rings. The minimum atomic E-state index is 0.109. The smallest absolute Gasteiger partial charge is 0.228 e. The van der Waals surface area contributed by atoms with Gasteiger partial charge in [-0.2, -0.15) is 0 Å². The van der Waals surface area contributed by atoms with Gasteiger partial charge in [-0.1, -0.05) is 43.6 Å². The summed E-state index contributed by atoms with van der Waals surface area (Å²) in [5.41, 5.74) is 2.67. The number of piperazine rings is 1. The van der Waals surface area contributed by atoms with Crippen LogP contribution in [0.15, 0.2) is 35.7 Å². The van der Waals surface area contributed by atoms with Crippen LogP contribution in [0.4, 0.5) is 5.82 Å². The second kappa shape index (κ2) is 9.32. The Labute approximate surface area is 191 Å². The second-order valence-corrected chi connectivity index (χ2v) is 9.31. The van der Waals surface area contributed by atoms with Gasteiger partial charge in [0.15, 0.2) is 0 Å². The molecule has 1 aliphatic heterocycles. The SMILES string of the molecule is Cc1cc(N2CCN(C(=O)Cc3csc(-c4ccccc4Cl)n3)CC2)nc(C(C)C)n1. The number of halogens is 1. The fraction of sp³-hybridized carbons (Fsp3) is 0.391. The molecule has 3 heterocycles. The molecule has 1 aromatic carbocycles. The number of thiazole rings is 1. The van der Waals surface area contributed by atoms with Gasteiger partial charge in [0.05, 0.1) is 17.1 Å². The number of benzene rings is 1. The average molecular weight is 456 g/mol. The van der Waals surface area contributed by atoms with Crippen LogP contribution in [0, 0.1) is 6.92 Å². The number of nitrogens with zero attached hydrogens (tertiary/aromatic N) is 5. The highest BCUT2D eigenvalue weighted by Crippen LogP contribution is 2.30. The van der Waals surface area contributed by atoms with Crippen LogP contribution >= 0.6 is 22.9 Å². The summed E-state index contributed by atoms with van der Waals surface area (Å²) < 4.78 is 0. The molecule has 2 aromatic heterocycles. The minimum Gasteiger partial charge on any atom is -0.353 e. The van der Waals surface area contributed by atoms with Crippen molar-refractivity contribution in [2.24, 2.45) is 0 Å². The number of hydrogen-bond acceptors (Lipinski definition) is 6. The summed E-state index contributed by atoms with van der Waals surface area (Å²) in [4.78, 5) is 30.9. The van der Waals surface area contributed by atoms with Crippen molar-refractivity contribution in [1.82, 2.24) is 19.9 Å². The Morgan fingerprint density at radius 3 is 2.58 bits per heavy atom. The monoisotopic (exact) mass is 455 g/mol. The number of carbonyl (C=O) groups excluding carboxylic acids is 1. The summed E-state index contributed by atoms with van der Waals surface area (Å²) in [6.07, 6.45) is 0.311. The summed E-state index contributed by atoms with van der Waals surface area (Å²) in [5, 5.41) is 3.47. The molecule has 1 fully saturated rings. The van der Waals surface area contributed by atoms with E-state index in [0.29, 0.717) is 24.5 Å². The number of aryl methyl sites for hydroxylation is 1. The lowest BCUT2D eigenvalue weighted by Crippen LogP contribution is -2.49. The van der Waals surface area contributed by atoms with Gasteiger partial charge in [0.25, 0.3) is 0 Å². The lowest BCUT2D eigenvalue weighted by Gasteiger charge is -2.35. The Bertz CT molecular complexity index is 1080. The lowest BCUT2D eigenvalue weighted by molar-refractivity contribution is -0.130. The number of hydrogen-bond donors (Lipinski definition) is 0. The molecule has 4 rings (SSSR count). The zero-order valence-corrected chi connectivity index (χ0v) is 19.6. The Kier molecular flexibility index (Phi) is 6.53. The summed E-state index contributed by atoms with van der Waals surface area (Å²) in [6, 6.07) is 9.67. The van der Waals surface area contributed by atoms with E-state index < -0.39 is 0 Å². The third-order valence-corrected chi connectivity index (χ3v) is 6.57. The first-order chi connectivity index (χ1) is 14.9. The van der Waals surface area contributed by atoms with Gasteiger partial charge in [-0.25, -0.2) is 15.0 Å². The molecule has 0 saturated carbocycles. The van der Waals surface area contributed by atoms with Crippen molar-refractivity contribution in [3.8, 4) is 10.6 Å². The van der Waals surface area contributed by atoms with Crippen LogP contribution < -0.4 is 4.90 Å². The first kappa shape index (κ1) is 21.7. The van der Waals surface area contributed by atoms with Gasteiger partial charge in [0.1, 0.15) is 16.6 Å². The van der Waals surface area contributed by atoms with Crippen LogP contribution in [0.25, 0.3) is 10.6 Å². The van der Waals surface area contributed by atoms with Crippen LogP contribution in [0.5, 0.6) is 0 Å². The van der Waals surface area contributed by atoms with E-state index >= 15 is 0 Å². The fourth-order valence-electron chi connectivity index (χ4n) is 3.59. The average Bonchev–Trinajstić information content (AvgIpc) is 3.22. The van der Waals surface area contributed by atoms with Crippen LogP contribution in [-0.2, 0) is 11.2 Å². The van der Waals surface area contributed by atoms with Crippen LogP contribution in [0.1, 0.15) is 37.0 Å². The molecular weight excluding hydrogens is 430 g/mol. The zero-order valence-electron chi connectivity index (χ0n) is 18.0.